The molecule has 2 heterocycles. The van der Waals surface area contributed by atoms with E-state index in [-0.39, 0.29) is 11.6 Å². The molecular formula is C11H9BrClN5O3. The van der Waals surface area contributed by atoms with Crippen LogP contribution in [0, 0.1) is 17.0 Å². The Bertz CT molecular complexity index is 701. The summed E-state index contributed by atoms with van der Waals surface area (Å²) in [4.78, 5) is 25.9. The summed E-state index contributed by atoms with van der Waals surface area (Å²) in [6.45, 7) is 1.35. The fourth-order valence-corrected chi connectivity index (χ4v) is 1.99. The minimum atomic E-state index is -0.694. The van der Waals surface area contributed by atoms with E-state index in [0.717, 1.165) is 4.47 Å². The first-order valence-electron chi connectivity index (χ1n) is 5.67. The highest BCUT2D eigenvalue weighted by Gasteiger charge is 2.24. The molecule has 21 heavy (non-hydrogen) atoms. The van der Waals surface area contributed by atoms with E-state index in [4.69, 9.17) is 11.6 Å². The summed E-state index contributed by atoms with van der Waals surface area (Å²) in [7, 11) is 0. The molecule has 0 spiro atoms. The third-order valence-corrected chi connectivity index (χ3v) is 3.49. The summed E-state index contributed by atoms with van der Waals surface area (Å²) in [6.07, 6.45) is 1.54. The van der Waals surface area contributed by atoms with Crippen molar-refractivity contribution < 1.29 is 9.72 Å². The van der Waals surface area contributed by atoms with Gasteiger partial charge in [0.2, 0.25) is 5.91 Å². The molecule has 8 nitrogen and oxygen atoms in total. The van der Waals surface area contributed by atoms with E-state index >= 15 is 0 Å². The molecule has 0 fully saturated rings. The van der Waals surface area contributed by atoms with Gasteiger partial charge in [-0.2, -0.15) is 4.68 Å². The van der Waals surface area contributed by atoms with Crippen LogP contribution in [-0.2, 0) is 11.3 Å². The SMILES string of the molecule is Cc1c(Cl)c([N+](=O)[O-])nn1CC(=O)Nc1ccc(Br)cn1. The summed E-state index contributed by atoms with van der Waals surface area (Å²) < 4.78 is 1.96. The van der Waals surface area contributed by atoms with Crippen LogP contribution in [0.1, 0.15) is 5.69 Å². The first kappa shape index (κ1) is 15.4. The molecule has 1 amide bonds. The number of nitrogens with zero attached hydrogens (tertiary/aromatic N) is 4. The van der Waals surface area contributed by atoms with Gasteiger partial charge in [-0.1, -0.05) is 11.6 Å². The number of hydrogen-bond donors (Lipinski definition) is 1. The molecule has 0 saturated carbocycles. The second kappa shape index (κ2) is 6.19. The zero-order valence-corrected chi connectivity index (χ0v) is 13.1. The lowest BCUT2D eigenvalue weighted by molar-refractivity contribution is -0.389. The second-order valence-electron chi connectivity index (χ2n) is 4.05. The molecule has 0 saturated heterocycles. The minimum absolute atomic E-state index is 0.0745. The summed E-state index contributed by atoms with van der Waals surface area (Å²) in [5, 5.41) is 16.9. The maximum atomic E-state index is 11.9. The number of hydrogen-bond acceptors (Lipinski definition) is 5. The molecule has 1 N–H and O–H groups in total. The molecule has 0 aliphatic heterocycles. The Kier molecular flexibility index (Phi) is 4.53. The van der Waals surface area contributed by atoms with Crippen LogP contribution in [0.25, 0.3) is 0 Å². The highest BCUT2D eigenvalue weighted by Crippen LogP contribution is 2.26. The number of halogens is 2. The normalized spacial score (nSPS) is 10.4. The van der Waals surface area contributed by atoms with Crippen molar-refractivity contribution in [1.29, 1.82) is 0 Å². The maximum absolute atomic E-state index is 11.9. The highest BCUT2D eigenvalue weighted by atomic mass is 79.9. The van der Waals surface area contributed by atoms with Gasteiger partial charge in [0.25, 0.3) is 0 Å². The van der Waals surface area contributed by atoms with Gasteiger partial charge in [-0.05, 0) is 39.9 Å². The summed E-state index contributed by atoms with van der Waals surface area (Å²) in [6, 6.07) is 3.34. The Hall–Kier alpha value is -2.00. The van der Waals surface area contributed by atoms with E-state index in [0.29, 0.717) is 11.5 Å². The van der Waals surface area contributed by atoms with Crippen molar-refractivity contribution in [3.05, 3.63) is 43.6 Å². The third kappa shape index (κ3) is 3.56. The lowest BCUT2D eigenvalue weighted by atomic mass is 10.4. The van der Waals surface area contributed by atoms with E-state index in [1.165, 1.54) is 10.9 Å². The van der Waals surface area contributed by atoms with Gasteiger partial charge in [-0.15, -0.1) is 0 Å². The molecule has 0 aliphatic rings. The number of aromatic nitrogens is 3. The van der Waals surface area contributed by atoms with Gasteiger partial charge in [0.1, 0.15) is 12.4 Å². The van der Waals surface area contributed by atoms with Gasteiger partial charge in [-0.25, -0.2) is 4.98 Å². The van der Waals surface area contributed by atoms with Crippen molar-refractivity contribution in [2.75, 3.05) is 5.32 Å². The quantitative estimate of drug-likeness (QED) is 0.654. The summed E-state index contributed by atoms with van der Waals surface area (Å²) >= 11 is 9.03. The van der Waals surface area contributed by atoms with E-state index in [2.05, 4.69) is 31.3 Å². The van der Waals surface area contributed by atoms with Crippen LogP contribution in [0.2, 0.25) is 5.02 Å². The van der Waals surface area contributed by atoms with Crippen molar-refractivity contribution in [3.8, 4) is 0 Å². The molecule has 10 heteroatoms. The number of carbonyl (C=O) groups excluding carboxylic acids is 1. The lowest BCUT2D eigenvalue weighted by Gasteiger charge is -2.03. The molecule has 0 atom stereocenters. The fourth-order valence-electron chi connectivity index (χ4n) is 1.55. The molecule has 2 rings (SSSR count). The Morgan fingerprint density at radius 2 is 2.29 bits per heavy atom. The van der Waals surface area contributed by atoms with Gasteiger partial charge in [0.05, 0.1) is 10.8 Å². The Labute approximate surface area is 132 Å². The van der Waals surface area contributed by atoms with E-state index < -0.39 is 16.6 Å². The minimum Gasteiger partial charge on any atom is -0.358 e. The topological polar surface area (TPSA) is 103 Å². The molecule has 110 valence electrons. The van der Waals surface area contributed by atoms with Crippen molar-refractivity contribution >= 4 is 45.1 Å². The Morgan fingerprint density at radius 1 is 1.57 bits per heavy atom. The number of amides is 1. The first-order valence-corrected chi connectivity index (χ1v) is 6.84. The Balaban J connectivity index is 2.11. The molecule has 0 aliphatic carbocycles. The summed E-state index contributed by atoms with van der Waals surface area (Å²) in [5.74, 6) is -0.515. The molecule has 0 unspecified atom stereocenters. The van der Waals surface area contributed by atoms with Crippen LogP contribution in [0.5, 0.6) is 0 Å². The predicted octanol–water partition coefficient (Wildman–Crippen LogP) is 2.55. The van der Waals surface area contributed by atoms with Gasteiger partial charge < -0.3 is 15.4 Å². The average Bonchev–Trinajstić information content (AvgIpc) is 2.70. The van der Waals surface area contributed by atoms with Gasteiger partial charge in [0.15, 0.2) is 5.02 Å². The smallest absolute Gasteiger partial charge is 0.358 e. The number of anilines is 1. The van der Waals surface area contributed by atoms with Crippen LogP contribution < -0.4 is 5.32 Å². The number of carbonyl (C=O) groups is 1. The third-order valence-electron chi connectivity index (χ3n) is 2.58. The van der Waals surface area contributed by atoms with E-state index in [1.807, 2.05) is 0 Å². The molecule has 0 bridgehead atoms. The molecule has 2 aromatic rings. The van der Waals surface area contributed by atoms with Crippen LogP contribution in [0.3, 0.4) is 0 Å². The average molecular weight is 375 g/mol. The van der Waals surface area contributed by atoms with Crippen LogP contribution in [0.15, 0.2) is 22.8 Å². The fraction of sp³-hybridized carbons (Fsp3) is 0.182. The Morgan fingerprint density at radius 3 is 2.81 bits per heavy atom. The van der Waals surface area contributed by atoms with Crippen molar-refractivity contribution in [1.82, 2.24) is 14.8 Å². The van der Waals surface area contributed by atoms with Gasteiger partial charge >= 0.3 is 5.82 Å². The van der Waals surface area contributed by atoms with Crippen molar-refractivity contribution in [3.63, 3.8) is 0 Å². The van der Waals surface area contributed by atoms with Gasteiger partial charge in [-0.3, -0.25) is 4.79 Å². The lowest BCUT2D eigenvalue weighted by Crippen LogP contribution is -2.20. The van der Waals surface area contributed by atoms with Crippen molar-refractivity contribution in [2.24, 2.45) is 0 Å². The molecular weight excluding hydrogens is 366 g/mol. The molecule has 0 radical (unpaired) electrons. The van der Waals surface area contributed by atoms with Crippen molar-refractivity contribution in [2.45, 2.75) is 13.5 Å². The predicted molar refractivity (Wildman–Crippen MR) is 79.2 cm³/mol. The maximum Gasteiger partial charge on any atom is 0.408 e. The second-order valence-corrected chi connectivity index (χ2v) is 5.34. The van der Waals surface area contributed by atoms with E-state index in [9.17, 15) is 14.9 Å². The zero-order valence-electron chi connectivity index (χ0n) is 10.7. The van der Waals surface area contributed by atoms with Crippen LogP contribution in [0.4, 0.5) is 11.6 Å². The largest absolute Gasteiger partial charge is 0.408 e. The highest BCUT2D eigenvalue weighted by molar-refractivity contribution is 9.10. The number of rotatable bonds is 4. The molecule has 2 aromatic heterocycles. The number of nitrogens with one attached hydrogen (secondary N) is 1. The zero-order chi connectivity index (χ0) is 15.6. The standard InChI is InChI=1S/C11H9BrClN5O3/c1-6-10(13)11(18(20)21)16-17(6)5-9(19)15-8-3-2-7(12)4-14-8/h2-4H,5H2,1H3,(H,14,15,19). The number of pyridine rings is 1. The summed E-state index contributed by atoms with van der Waals surface area (Å²) in [5.41, 5.74) is 0.349. The van der Waals surface area contributed by atoms with Crippen LogP contribution in [-0.4, -0.2) is 25.6 Å². The van der Waals surface area contributed by atoms with E-state index in [1.54, 1.807) is 19.1 Å². The molecule has 0 aromatic carbocycles. The van der Waals surface area contributed by atoms with Crippen LogP contribution >= 0.6 is 27.5 Å². The monoisotopic (exact) mass is 373 g/mol. The number of nitro groups is 1. The van der Waals surface area contributed by atoms with Gasteiger partial charge in [0, 0.05) is 10.7 Å². The first-order chi connectivity index (χ1) is 9.88.